The number of hydrogen-bond donors (Lipinski definition) is 2. The number of piperidine rings is 1. The topological polar surface area (TPSA) is 58.4 Å². The van der Waals surface area contributed by atoms with Crippen LogP contribution in [0.3, 0.4) is 0 Å². The lowest BCUT2D eigenvalue weighted by Gasteiger charge is -2.39. The molecule has 21 heavy (non-hydrogen) atoms. The van der Waals surface area contributed by atoms with Crippen molar-refractivity contribution in [3.63, 3.8) is 0 Å². The Morgan fingerprint density at radius 1 is 1.14 bits per heavy atom. The molecule has 1 heterocycles. The van der Waals surface area contributed by atoms with E-state index in [4.69, 9.17) is 5.73 Å². The van der Waals surface area contributed by atoms with Crippen LogP contribution in [0.25, 0.3) is 0 Å². The van der Waals surface area contributed by atoms with Crippen LogP contribution in [-0.4, -0.2) is 42.5 Å². The average Bonchev–Trinajstić information content (AvgIpc) is 2.47. The first kappa shape index (κ1) is 16.8. The summed E-state index contributed by atoms with van der Waals surface area (Å²) in [6.45, 7) is 8.62. The van der Waals surface area contributed by atoms with Crippen molar-refractivity contribution in [1.82, 2.24) is 10.2 Å². The molecule has 1 aliphatic carbocycles. The number of rotatable bonds is 3. The maximum absolute atomic E-state index is 12.3. The van der Waals surface area contributed by atoms with Crippen molar-refractivity contribution in [2.45, 2.75) is 71.4 Å². The van der Waals surface area contributed by atoms with E-state index in [1.165, 1.54) is 25.7 Å². The second-order valence-corrected chi connectivity index (χ2v) is 7.87. The van der Waals surface area contributed by atoms with E-state index < -0.39 is 0 Å². The zero-order chi connectivity index (χ0) is 15.5. The molecule has 2 aliphatic rings. The van der Waals surface area contributed by atoms with Gasteiger partial charge in [0.15, 0.2) is 0 Å². The van der Waals surface area contributed by atoms with E-state index in [0.717, 1.165) is 32.5 Å². The molecular formula is C17H33N3O. The standard InChI is InChI=1S/C17H33N3O/c1-17(2,3)16(21)20-10-8-14(9-11-20)19-15-7-5-4-6-13(15)12-18/h13-15,19H,4-12,18H2,1-3H3. The lowest BCUT2D eigenvalue weighted by Crippen LogP contribution is -2.52. The summed E-state index contributed by atoms with van der Waals surface area (Å²) in [5.41, 5.74) is 5.66. The van der Waals surface area contributed by atoms with Crippen LogP contribution in [0.15, 0.2) is 0 Å². The molecule has 0 bridgehead atoms. The van der Waals surface area contributed by atoms with Gasteiger partial charge in [-0.2, -0.15) is 0 Å². The molecule has 1 saturated heterocycles. The fourth-order valence-corrected chi connectivity index (χ4v) is 3.74. The van der Waals surface area contributed by atoms with Gasteiger partial charge in [0.05, 0.1) is 0 Å². The molecule has 0 aromatic heterocycles. The Morgan fingerprint density at radius 3 is 2.33 bits per heavy atom. The van der Waals surface area contributed by atoms with Crippen LogP contribution in [0.1, 0.15) is 59.3 Å². The van der Waals surface area contributed by atoms with Gasteiger partial charge in [-0.3, -0.25) is 4.79 Å². The Labute approximate surface area is 129 Å². The summed E-state index contributed by atoms with van der Waals surface area (Å²) in [7, 11) is 0. The summed E-state index contributed by atoms with van der Waals surface area (Å²) in [4.78, 5) is 14.3. The number of carbonyl (C=O) groups is 1. The van der Waals surface area contributed by atoms with E-state index in [2.05, 4.69) is 5.32 Å². The molecule has 3 N–H and O–H groups in total. The third-order valence-corrected chi connectivity index (χ3v) is 5.09. The summed E-state index contributed by atoms with van der Waals surface area (Å²) in [5, 5.41) is 3.84. The van der Waals surface area contributed by atoms with Gasteiger partial charge in [-0.25, -0.2) is 0 Å². The third kappa shape index (κ3) is 4.43. The highest BCUT2D eigenvalue weighted by Gasteiger charge is 2.32. The van der Waals surface area contributed by atoms with E-state index in [0.29, 0.717) is 23.9 Å². The number of nitrogens with two attached hydrogens (primary N) is 1. The second-order valence-electron chi connectivity index (χ2n) is 7.87. The van der Waals surface area contributed by atoms with Gasteiger partial charge in [0.25, 0.3) is 0 Å². The van der Waals surface area contributed by atoms with Crippen molar-refractivity contribution in [3.8, 4) is 0 Å². The van der Waals surface area contributed by atoms with Gasteiger partial charge >= 0.3 is 0 Å². The van der Waals surface area contributed by atoms with Crippen molar-refractivity contribution in [2.75, 3.05) is 19.6 Å². The fourth-order valence-electron chi connectivity index (χ4n) is 3.74. The fraction of sp³-hybridized carbons (Fsp3) is 0.941. The molecule has 2 unspecified atom stereocenters. The monoisotopic (exact) mass is 295 g/mol. The minimum Gasteiger partial charge on any atom is -0.342 e. The Kier molecular flexibility index (Phi) is 5.67. The predicted molar refractivity (Wildman–Crippen MR) is 87.0 cm³/mol. The Balaban J connectivity index is 1.80. The van der Waals surface area contributed by atoms with Crippen molar-refractivity contribution < 1.29 is 4.79 Å². The van der Waals surface area contributed by atoms with Crippen LogP contribution in [0.5, 0.6) is 0 Å². The molecule has 2 rings (SSSR count). The molecule has 122 valence electrons. The minimum atomic E-state index is -0.256. The van der Waals surface area contributed by atoms with Crippen molar-refractivity contribution in [2.24, 2.45) is 17.1 Å². The number of likely N-dealkylation sites (tertiary alicyclic amines) is 1. The smallest absolute Gasteiger partial charge is 0.227 e. The first-order valence-electron chi connectivity index (χ1n) is 8.67. The number of carbonyl (C=O) groups excluding carboxylic acids is 1. The molecule has 0 spiro atoms. The van der Waals surface area contributed by atoms with Gasteiger partial charge < -0.3 is 16.0 Å². The van der Waals surface area contributed by atoms with Gasteiger partial charge in [-0.05, 0) is 38.1 Å². The van der Waals surface area contributed by atoms with E-state index in [1.807, 2.05) is 25.7 Å². The Bertz CT molecular complexity index is 342. The molecule has 2 fully saturated rings. The average molecular weight is 295 g/mol. The molecule has 1 amide bonds. The summed E-state index contributed by atoms with van der Waals surface area (Å²) < 4.78 is 0. The lowest BCUT2D eigenvalue weighted by molar-refractivity contribution is -0.140. The van der Waals surface area contributed by atoms with Crippen LogP contribution in [-0.2, 0) is 4.79 Å². The SMILES string of the molecule is CC(C)(C)C(=O)N1CCC(NC2CCCCC2CN)CC1. The lowest BCUT2D eigenvalue weighted by atomic mass is 9.83. The highest BCUT2D eigenvalue weighted by Crippen LogP contribution is 2.26. The Morgan fingerprint density at radius 2 is 1.76 bits per heavy atom. The first-order valence-corrected chi connectivity index (χ1v) is 8.67. The molecule has 4 heteroatoms. The van der Waals surface area contributed by atoms with Gasteiger partial charge in [-0.15, -0.1) is 0 Å². The van der Waals surface area contributed by atoms with Crippen LogP contribution in [0.2, 0.25) is 0 Å². The molecule has 2 atom stereocenters. The minimum absolute atomic E-state index is 0.256. The quantitative estimate of drug-likeness (QED) is 0.838. The summed E-state index contributed by atoms with van der Waals surface area (Å²) >= 11 is 0. The molecule has 0 radical (unpaired) electrons. The van der Waals surface area contributed by atoms with Crippen LogP contribution in [0, 0.1) is 11.3 Å². The largest absolute Gasteiger partial charge is 0.342 e. The van der Waals surface area contributed by atoms with Gasteiger partial charge in [0.2, 0.25) is 5.91 Å². The van der Waals surface area contributed by atoms with E-state index >= 15 is 0 Å². The maximum atomic E-state index is 12.3. The number of nitrogens with one attached hydrogen (secondary N) is 1. The van der Waals surface area contributed by atoms with E-state index in [9.17, 15) is 4.79 Å². The molecule has 1 aliphatic heterocycles. The van der Waals surface area contributed by atoms with Crippen molar-refractivity contribution >= 4 is 5.91 Å². The van der Waals surface area contributed by atoms with Crippen molar-refractivity contribution in [1.29, 1.82) is 0 Å². The highest BCUT2D eigenvalue weighted by atomic mass is 16.2. The molecule has 0 aromatic rings. The van der Waals surface area contributed by atoms with Crippen LogP contribution < -0.4 is 11.1 Å². The first-order chi connectivity index (χ1) is 9.91. The van der Waals surface area contributed by atoms with E-state index in [-0.39, 0.29) is 5.41 Å². The molecule has 1 saturated carbocycles. The second kappa shape index (κ2) is 7.10. The number of amides is 1. The number of nitrogens with zero attached hydrogens (tertiary/aromatic N) is 1. The zero-order valence-corrected chi connectivity index (χ0v) is 14.0. The van der Waals surface area contributed by atoms with Crippen LogP contribution >= 0.6 is 0 Å². The number of hydrogen-bond acceptors (Lipinski definition) is 3. The Hall–Kier alpha value is -0.610. The normalized spacial score (nSPS) is 28.7. The highest BCUT2D eigenvalue weighted by molar-refractivity contribution is 5.81. The molecule has 0 aromatic carbocycles. The van der Waals surface area contributed by atoms with Gasteiger partial charge in [0, 0.05) is 30.6 Å². The summed E-state index contributed by atoms with van der Waals surface area (Å²) in [6.07, 6.45) is 7.36. The van der Waals surface area contributed by atoms with Crippen molar-refractivity contribution in [3.05, 3.63) is 0 Å². The third-order valence-electron chi connectivity index (χ3n) is 5.09. The van der Waals surface area contributed by atoms with Gasteiger partial charge in [0.1, 0.15) is 0 Å². The predicted octanol–water partition coefficient (Wildman–Crippen LogP) is 2.13. The zero-order valence-electron chi connectivity index (χ0n) is 14.0. The van der Waals surface area contributed by atoms with Crippen LogP contribution in [0.4, 0.5) is 0 Å². The maximum Gasteiger partial charge on any atom is 0.227 e. The molecular weight excluding hydrogens is 262 g/mol. The van der Waals surface area contributed by atoms with Gasteiger partial charge in [-0.1, -0.05) is 33.6 Å². The molecule has 4 nitrogen and oxygen atoms in total. The summed E-state index contributed by atoms with van der Waals surface area (Å²) in [6, 6.07) is 1.16. The van der Waals surface area contributed by atoms with E-state index in [1.54, 1.807) is 0 Å². The summed E-state index contributed by atoms with van der Waals surface area (Å²) in [5.74, 6) is 0.937.